The highest BCUT2D eigenvalue weighted by atomic mass is 16.3. The van der Waals surface area contributed by atoms with Crippen LogP contribution in [0.1, 0.15) is 49.5 Å². The van der Waals surface area contributed by atoms with Gasteiger partial charge in [-0.2, -0.15) is 0 Å². The van der Waals surface area contributed by atoms with Gasteiger partial charge in [-0.15, -0.1) is 0 Å². The second kappa shape index (κ2) is 7.25. The molecule has 2 rings (SSSR count). The fraction of sp³-hybridized carbons (Fsp3) is 0.526. The van der Waals surface area contributed by atoms with Crippen LogP contribution in [0.5, 0.6) is 5.75 Å². The van der Waals surface area contributed by atoms with E-state index in [2.05, 4.69) is 5.32 Å². The zero-order valence-electron chi connectivity index (χ0n) is 15.2. The molecular weight excluding hydrogens is 320 g/mol. The van der Waals surface area contributed by atoms with E-state index in [0.717, 1.165) is 12.7 Å². The summed E-state index contributed by atoms with van der Waals surface area (Å²) in [4.78, 5) is 38.4. The Morgan fingerprint density at radius 3 is 2.60 bits per heavy atom. The second-order valence-corrected chi connectivity index (χ2v) is 7.65. The number of phenolic OH excluding ortho intramolecular Hbond substituents is 1. The summed E-state index contributed by atoms with van der Waals surface area (Å²) in [7, 11) is 0. The lowest BCUT2D eigenvalue weighted by Gasteiger charge is -2.34. The van der Waals surface area contributed by atoms with Gasteiger partial charge < -0.3 is 20.1 Å². The molecule has 2 amide bonds. The molecule has 0 aliphatic carbocycles. The van der Waals surface area contributed by atoms with E-state index in [1.165, 1.54) is 18.2 Å². The number of rotatable bonds is 4. The van der Waals surface area contributed by atoms with Crippen molar-refractivity contribution in [3.8, 4) is 5.75 Å². The Bertz CT molecular complexity index is 678. The molecule has 2 atom stereocenters. The van der Waals surface area contributed by atoms with Crippen molar-refractivity contribution < 1.29 is 19.5 Å². The summed E-state index contributed by atoms with van der Waals surface area (Å²) in [5.41, 5.74) is 0.533. The van der Waals surface area contributed by atoms with Crippen LogP contribution in [-0.2, 0) is 9.59 Å². The maximum atomic E-state index is 13.0. The Hall–Kier alpha value is -2.37. The van der Waals surface area contributed by atoms with Crippen LogP contribution in [0.25, 0.3) is 0 Å². The van der Waals surface area contributed by atoms with E-state index in [9.17, 15) is 19.5 Å². The van der Waals surface area contributed by atoms with Crippen LogP contribution in [0, 0.1) is 12.3 Å². The third-order valence-corrected chi connectivity index (χ3v) is 4.58. The summed E-state index contributed by atoms with van der Waals surface area (Å²) in [6, 6.07) is 3.33. The normalized spacial score (nSPS) is 18.7. The lowest BCUT2D eigenvalue weighted by Crippen LogP contribution is -2.56. The molecule has 1 saturated heterocycles. The molecule has 1 aliphatic heterocycles. The largest absolute Gasteiger partial charge is 0.508 e. The monoisotopic (exact) mass is 346 g/mol. The van der Waals surface area contributed by atoms with Crippen LogP contribution in [0.4, 0.5) is 0 Å². The Morgan fingerprint density at radius 1 is 1.36 bits per heavy atom. The van der Waals surface area contributed by atoms with Crippen molar-refractivity contribution in [2.75, 3.05) is 6.54 Å². The summed E-state index contributed by atoms with van der Waals surface area (Å²) >= 11 is 0. The van der Waals surface area contributed by atoms with E-state index >= 15 is 0 Å². The Labute approximate surface area is 148 Å². The maximum absolute atomic E-state index is 13.0. The molecule has 0 unspecified atom stereocenters. The SMILES string of the molecule is Cc1cc(O)ccc1C(=O)N[C@H](C(=O)N1CCC[C@H]1C=O)C(C)(C)C. The third kappa shape index (κ3) is 4.18. The highest BCUT2D eigenvalue weighted by molar-refractivity contribution is 5.99. The molecular formula is C19H26N2O4. The summed E-state index contributed by atoms with van der Waals surface area (Å²) in [5, 5.41) is 12.3. The minimum absolute atomic E-state index is 0.0865. The van der Waals surface area contributed by atoms with Gasteiger partial charge in [-0.1, -0.05) is 20.8 Å². The smallest absolute Gasteiger partial charge is 0.252 e. The molecule has 2 N–H and O–H groups in total. The molecule has 1 aromatic carbocycles. The fourth-order valence-electron chi connectivity index (χ4n) is 3.13. The van der Waals surface area contributed by atoms with E-state index in [0.29, 0.717) is 24.1 Å². The van der Waals surface area contributed by atoms with Crippen molar-refractivity contribution in [2.45, 2.75) is 52.6 Å². The highest BCUT2D eigenvalue weighted by Gasteiger charge is 2.39. The molecule has 0 spiro atoms. The zero-order chi connectivity index (χ0) is 18.8. The Morgan fingerprint density at radius 2 is 2.04 bits per heavy atom. The minimum Gasteiger partial charge on any atom is -0.508 e. The molecule has 1 aromatic rings. The van der Waals surface area contributed by atoms with Crippen molar-refractivity contribution in [2.24, 2.45) is 5.41 Å². The molecule has 0 radical (unpaired) electrons. The number of carbonyl (C=O) groups excluding carboxylic acids is 3. The lowest BCUT2D eigenvalue weighted by molar-refractivity contribution is -0.138. The molecule has 6 heteroatoms. The number of aromatic hydroxyl groups is 1. The van der Waals surface area contributed by atoms with Gasteiger partial charge in [-0.3, -0.25) is 9.59 Å². The number of nitrogens with one attached hydrogen (secondary N) is 1. The first-order valence-electron chi connectivity index (χ1n) is 8.51. The van der Waals surface area contributed by atoms with Crippen molar-refractivity contribution in [1.82, 2.24) is 10.2 Å². The highest BCUT2D eigenvalue weighted by Crippen LogP contribution is 2.26. The van der Waals surface area contributed by atoms with E-state index in [-0.39, 0.29) is 17.6 Å². The van der Waals surface area contributed by atoms with Gasteiger partial charge in [0.15, 0.2) is 0 Å². The summed E-state index contributed by atoms with van der Waals surface area (Å²) in [6.07, 6.45) is 2.25. The van der Waals surface area contributed by atoms with Gasteiger partial charge in [0.1, 0.15) is 18.1 Å². The molecule has 0 saturated carbocycles. The molecule has 0 aromatic heterocycles. The van der Waals surface area contributed by atoms with Gasteiger partial charge in [0.05, 0.1) is 6.04 Å². The van der Waals surface area contributed by atoms with Gasteiger partial charge in [0, 0.05) is 12.1 Å². The first-order valence-corrected chi connectivity index (χ1v) is 8.51. The Kier molecular flexibility index (Phi) is 5.50. The molecule has 1 aliphatic rings. The van der Waals surface area contributed by atoms with Crippen LogP contribution < -0.4 is 5.32 Å². The topological polar surface area (TPSA) is 86.7 Å². The number of hydrogen-bond donors (Lipinski definition) is 2. The number of hydrogen-bond acceptors (Lipinski definition) is 4. The second-order valence-electron chi connectivity index (χ2n) is 7.65. The van der Waals surface area contributed by atoms with Gasteiger partial charge in [-0.05, 0) is 48.9 Å². The number of aryl methyl sites for hydroxylation is 1. The molecule has 1 fully saturated rings. The predicted molar refractivity (Wildman–Crippen MR) is 94.4 cm³/mol. The van der Waals surface area contributed by atoms with Crippen LogP contribution in [0.2, 0.25) is 0 Å². The van der Waals surface area contributed by atoms with E-state index in [1.807, 2.05) is 20.8 Å². The third-order valence-electron chi connectivity index (χ3n) is 4.58. The molecule has 25 heavy (non-hydrogen) atoms. The number of carbonyl (C=O) groups is 3. The number of benzene rings is 1. The first kappa shape index (κ1) is 19.0. The average molecular weight is 346 g/mol. The van der Waals surface area contributed by atoms with Gasteiger partial charge in [0.25, 0.3) is 5.91 Å². The van der Waals surface area contributed by atoms with Crippen molar-refractivity contribution in [3.05, 3.63) is 29.3 Å². The molecule has 136 valence electrons. The predicted octanol–water partition coefficient (Wildman–Crippen LogP) is 2.04. The molecule has 0 bridgehead atoms. The van der Waals surface area contributed by atoms with Crippen LogP contribution in [0.15, 0.2) is 18.2 Å². The standard InChI is InChI=1S/C19H26N2O4/c1-12-10-14(23)7-8-15(12)17(24)20-16(19(2,3)4)18(25)21-9-5-6-13(21)11-22/h7-8,10-11,13,16,23H,5-6,9H2,1-4H3,(H,20,24)/t13-,16+/m0/s1. The zero-order valence-corrected chi connectivity index (χ0v) is 15.2. The number of amides is 2. The van der Waals surface area contributed by atoms with Crippen molar-refractivity contribution >= 4 is 18.1 Å². The number of aldehydes is 1. The van der Waals surface area contributed by atoms with Crippen LogP contribution in [0.3, 0.4) is 0 Å². The van der Waals surface area contributed by atoms with Crippen LogP contribution in [-0.4, -0.2) is 46.7 Å². The van der Waals surface area contributed by atoms with E-state index in [1.54, 1.807) is 11.8 Å². The fourth-order valence-corrected chi connectivity index (χ4v) is 3.13. The summed E-state index contributed by atoms with van der Waals surface area (Å²) in [5.74, 6) is -0.511. The summed E-state index contributed by atoms with van der Waals surface area (Å²) < 4.78 is 0. The van der Waals surface area contributed by atoms with Gasteiger partial charge >= 0.3 is 0 Å². The lowest BCUT2D eigenvalue weighted by atomic mass is 9.85. The minimum atomic E-state index is -0.742. The van der Waals surface area contributed by atoms with E-state index in [4.69, 9.17) is 0 Å². The molecule has 6 nitrogen and oxygen atoms in total. The van der Waals surface area contributed by atoms with Gasteiger partial charge in [0.2, 0.25) is 5.91 Å². The van der Waals surface area contributed by atoms with Gasteiger partial charge in [-0.25, -0.2) is 0 Å². The van der Waals surface area contributed by atoms with Crippen molar-refractivity contribution in [3.63, 3.8) is 0 Å². The van der Waals surface area contributed by atoms with Crippen LogP contribution >= 0.6 is 0 Å². The number of likely N-dealkylation sites (tertiary alicyclic amines) is 1. The molecule has 1 heterocycles. The average Bonchev–Trinajstić information content (AvgIpc) is 2.99. The van der Waals surface area contributed by atoms with E-state index < -0.39 is 17.5 Å². The first-order chi connectivity index (χ1) is 11.6. The number of nitrogens with zero attached hydrogens (tertiary/aromatic N) is 1. The van der Waals surface area contributed by atoms with Crippen molar-refractivity contribution in [1.29, 1.82) is 0 Å². The Balaban J connectivity index is 2.25. The summed E-state index contributed by atoms with van der Waals surface area (Å²) in [6.45, 7) is 7.90. The quantitative estimate of drug-likeness (QED) is 0.817. The maximum Gasteiger partial charge on any atom is 0.252 e. The number of phenols is 1.